The van der Waals surface area contributed by atoms with Gasteiger partial charge in [-0.2, -0.15) is 5.26 Å². The highest BCUT2D eigenvalue weighted by Crippen LogP contribution is 2.32. The zero-order valence-electron chi connectivity index (χ0n) is 7.57. The number of halogens is 1. The third-order valence-electron chi connectivity index (χ3n) is 2.42. The van der Waals surface area contributed by atoms with Crippen molar-refractivity contribution in [2.45, 2.75) is 0 Å². The lowest BCUT2D eigenvalue weighted by Crippen LogP contribution is -2.33. The summed E-state index contributed by atoms with van der Waals surface area (Å²) in [5, 5.41) is 9.81. The molecular formula is C11H9BrN2. The van der Waals surface area contributed by atoms with Crippen LogP contribution in [0.2, 0.25) is 0 Å². The first-order chi connectivity index (χ1) is 6.82. The monoisotopic (exact) mass is 248 g/mol. The molecule has 1 atom stereocenters. The molecule has 14 heavy (non-hydrogen) atoms. The highest BCUT2D eigenvalue weighted by Gasteiger charge is 2.35. The lowest BCUT2D eigenvalue weighted by Gasteiger charge is -2.27. The van der Waals surface area contributed by atoms with Crippen LogP contribution in [-0.4, -0.2) is 17.6 Å². The van der Waals surface area contributed by atoms with E-state index >= 15 is 0 Å². The molecule has 1 aliphatic heterocycles. The van der Waals surface area contributed by atoms with E-state index in [4.69, 9.17) is 0 Å². The number of aliphatic imine (C=N–C) groups is 1. The molecule has 0 N–H and O–H groups in total. The number of rotatable bonds is 1. The number of nitriles is 1. The zero-order valence-corrected chi connectivity index (χ0v) is 9.16. The summed E-state index contributed by atoms with van der Waals surface area (Å²) in [6.07, 6.45) is 9.86. The Morgan fingerprint density at radius 3 is 3.21 bits per heavy atom. The SMILES string of the molecule is N#CC1(CBr)C=CC=C2C=CCN=C21. The van der Waals surface area contributed by atoms with Crippen molar-refractivity contribution in [3.8, 4) is 6.07 Å². The topological polar surface area (TPSA) is 36.1 Å². The molecular weight excluding hydrogens is 240 g/mol. The summed E-state index contributed by atoms with van der Waals surface area (Å²) in [4.78, 5) is 4.40. The smallest absolute Gasteiger partial charge is 0.127 e. The second-order valence-corrected chi connectivity index (χ2v) is 3.85. The van der Waals surface area contributed by atoms with Crippen LogP contribution in [0.5, 0.6) is 0 Å². The average Bonchev–Trinajstić information content (AvgIpc) is 2.28. The van der Waals surface area contributed by atoms with Crippen LogP contribution in [0.1, 0.15) is 0 Å². The van der Waals surface area contributed by atoms with E-state index in [-0.39, 0.29) is 0 Å². The van der Waals surface area contributed by atoms with E-state index in [2.05, 4.69) is 27.0 Å². The van der Waals surface area contributed by atoms with Gasteiger partial charge in [-0.15, -0.1) is 0 Å². The van der Waals surface area contributed by atoms with Crippen LogP contribution in [0, 0.1) is 16.7 Å². The molecule has 1 unspecified atom stereocenters. The lowest BCUT2D eigenvalue weighted by molar-refractivity contribution is 0.798. The Bertz CT molecular complexity index is 409. The normalized spacial score (nSPS) is 28.9. The minimum absolute atomic E-state index is 0.575. The molecule has 3 heteroatoms. The van der Waals surface area contributed by atoms with Gasteiger partial charge < -0.3 is 0 Å². The van der Waals surface area contributed by atoms with E-state index in [9.17, 15) is 5.26 Å². The Labute approximate surface area is 91.5 Å². The Balaban J connectivity index is 2.51. The van der Waals surface area contributed by atoms with Crippen molar-refractivity contribution in [1.82, 2.24) is 0 Å². The van der Waals surface area contributed by atoms with Gasteiger partial charge in [0.05, 0.1) is 18.3 Å². The Morgan fingerprint density at radius 1 is 1.64 bits per heavy atom. The highest BCUT2D eigenvalue weighted by molar-refractivity contribution is 9.09. The van der Waals surface area contributed by atoms with Gasteiger partial charge in [-0.1, -0.05) is 46.3 Å². The van der Waals surface area contributed by atoms with Gasteiger partial charge in [0.25, 0.3) is 0 Å². The molecule has 0 saturated heterocycles. The van der Waals surface area contributed by atoms with Gasteiger partial charge in [0, 0.05) is 5.33 Å². The highest BCUT2D eigenvalue weighted by atomic mass is 79.9. The molecule has 70 valence electrons. The minimum Gasteiger partial charge on any atom is -0.283 e. The summed E-state index contributed by atoms with van der Waals surface area (Å²) in [6, 6.07) is 2.33. The van der Waals surface area contributed by atoms with E-state index in [1.807, 2.05) is 30.4 Å². The third-order valence-corrected chi connectivity index (χ3v) is 3.30. The van der Waals surface area contributed by atoms with E-state index in [1.54, 1.807) is 0 Å². The molecule has 2 rings (SSSR count). The molecule has 0 aromatic carbocycles. The molecule has 1 heterocycles. The molecule has 2 aliphatic rings. The van der Waals surface area contributed by atoms with Crippen LogP contribution in [0.3, 0.4) is 0 Å². The summed E-state index contributed by atoms with van der Waals surface area (Å²) in [6.45, 7) is 0.678. The summed E-state index contributed by atoms with van der Waals surface area (Å²) in [7, 11) is 0. The summed E-state index contributed by atoms with van der Waals surface area (Å²) in [5.74, 6) is 0. The quantitative estimate of drug-likeness (QED) is 0.657. The third kappa shape index (κ3) is 1.27. The maximum absolute atomic E-state index is 9.22. The molecule has 0 aromatic rings. The van der Waals surface area contributed by atoms with Crippen LogP contribution < -0.4 is 0 Å². The second kappa shape index (κ2) is 3.55. The molecule has 1 aliphatic carbocycles. The molecule has 2 nitrogen and oxygen atoms in total. The fourth-order valence-electron chi connectivity index (χ4n) is 1.65. The minimum atomic E-state index is -0.575. The van der Waals surface area contributed by atoms with E-state index in [0.717, 1.165) is 11.3 Å². The number of hydrogen-bond acceptors (Lipinski definition) is 2. The molecule has 0 radical (unpaired) electrons. The van der Waals surface area contributed by atoms with E-state index < -0.39 is 5.41 Å². The van der Waals surface area contributed by atoms with Crippen LogP contribution in [0.15, 0.2) is 40.9 Å². The number of fused-ring (bicyclic) bond motifs is 1. The number of alkyl halides is 1. The van der Waals surface area contributed by atoms with Crippen molar-refractivity contribution in [1.29, 1.82) is 5.26 Å². The summed E-state index contributed by atoms with van der Waals surface area (Å²) in [5.41, 5.74) is 1.37. The van der Waals surface area contributed by atoms with Crippen molar-refractivity contribution in [2.75, 3.05) is 11.9 Å². The van der Waals surface area contributed by atoms with Crippen molar-refractivity contribution in [3.63, 3.8) is 0 Å². The number of nitrogens with zero attached hydrogens (tertiary/aromatic N) is 2. The van der Waals surface area contributed by atoms with Crippen LogP contribution >= 0.6 is 15.9 Å². The van der Waals surface area contributed by atoms with E-state index in [0.29, 0.717) is 11.9 Å². The van der Waals surface area contributed by atoms with Crippen LogP contribution in [0.4, 0.5) is 0 Å². The Hall–Kier alpha value is -1.14. The largest absolute Gasteiger partial charge is 0.283 e. The maximum atomic E-state index is 9.22. The lowest BCUT2D eigenvalue weighted by atomic mass is 9.78. The molecule has 0 amide bonds. The first kappa shape index (κ1) is 9.42. The van der Waals surface area contributed by atoms with Crippen molar-refractivity contribution >= 4 is 21.6 Å². The fourth-order valence-corrected chi connectivity index (χ4v) is 2.23. The summed E-state index contributed by atoms with van der Waals surface area (Å²) < 4.78 is 0. The fraction of sp³-hybridized carbons (Fsp3) is 0.273. The second-order valence-electron chi connectivity index (χ2n) is 3.29. The molecule has 0 fully saturated rings. The van der Waals surface area contributed by atoms with Crippen molar-refractivity contribution < 1.29 is 0 Å². The van der Waals surface area contributed by atoms with Crippen molar-refractivity contribution in [3.05, 3.63) is 36.0 Å². The molecule has 0 spiro atoms. The maximum Gasteiger partial charge on any atom is 0.127 e. The Kier molecular flexibility index (Phi) is 2.39. The van der Waals surface area contributed by atoms with Crippen molar-refractivity contribution in [2.24, 2.45) is 10.4 Å². The molecule has 0 bridgehead atoms. The zero-order chi connectivity index (χ0) is 10.0. The van der Waals surface area contributed by atoms with Gasteiger partial charge in [0.1, 0.15) is 5.41 Å². The van der Waals surface area contributed by atoms with E-state index in [1.165, 1.54) is 0 Å². The number of hydrogen-bond donors (Lipinski definition) is 0. The van der Waals surface area contributed by atoms with Crippen LogP contribution in [0.25, 0.3) is 0 Å². The van der Waals surface area contributed by atoms with Gasteiger partial charge in [-0.25, -0.2) is 0 Å². The standard InChI is InChI=1S/C11H9BrN2/c12-7-11(8-13)5-1-3-9-4-2-6-14-10(9)11/h1-5H,6-7H2. The number of allylic oxidation sites excluding steroid dienone is 5. The summed E-state index contributed by atoms with van der Waals surface area (Å²) >= 11 is 3.38. The first-order valence-electron chi connectivity index (χ1n) is 4.41. The van der Waals surface area contributed by atoms with Gasteiger partial charge >= 0.3 is 0 Å². The Morgan fingerprint density at radius 2 is 2.50 bits per heavy atom. The van der Waals surface area contributed by atoms with Gasteiger partial charge in [0.2, 0.25) is 0 Å². The first-order valence-corrected chi connectivity index (χ1v) is 5.53. The van der Waals surface area contributed by atoms with Crippen LogP contribution in [-0.2, 0) is 0 Å². The van der Waals surface area contributed by atoms with Gasteiger partial charge in [-0.3, -0.25) is 4.99 Å². The van der Waals surface area contributed by atoms with Gasteiger partial charge in [-0.05, 0) is 5.57 Å². The predicted octanol–water partition coefficient (Wildman–Crippen LogP) is 2.40. The molecule has 0 aromatic heterocycles. The average molecular weight is 249 g/mol. The number of dihydropyridines is 1. The van der Waals surface area contributed by atoms with Gasteiger partial charge in [0.15, 0.2) is 0 Å². The predicted molar refractivity (Wildman–Crippen MR) is 60.5 cm³/mol. The molecule has 0 saturated carbocycles.